The predicted molar refractivity (Wildman–Crippen MR) is 125 cm³/mol. The van der Waals surface area contributed by atoms with Crippen molar-refractivity contribution in [2.75, 3.05) is 5.32 Å². The number of carbonyl (C=O) groups is 2. The molecule has 0 aromatic heterocycles. The Balaban J connectivity index is 1.86. The zero-order valence-electron chi connectivity index (χ0n) is 17.4. The second-order valence-corrected chi connectivity index (χ2v) is 9.24. The van der Waals surface area contributed by atoms with Gasteiger partial charge in [-0.3, -0.25) is 9.59 Å². The molecule has 0 saturated heterocycles. The third kappa shape index (κ3) is 5.95. The lowest BCUT2D eigenvalue weighted by molar-refractivity contribution is -0.137. The van der Waals surface area contributed by atoms with Gasteiger partial charge in [0, 0.05) is 11.3 Å². The van der Waals surface area contributed by atoms with Crippen molar-refractivity contribution >= 4 is 39.0 Å². The standard InChI is InChI=1S/C23H22N4O5S/c24-23(25)27-17-11-9-16(10-12-17)22(30)26-18-7-4-8-19(13-18)33(31,32)20(14-21(28)29)15-5-2-1-3-6-15/h1-13,20H,14H2,(H,26,30)(H,28,29)(H4,24,25,27). The molecule has 1 amide bonds. The molecule has 0 aliphatic carbocycles. The maximum Gasteiger partial charge on any atom is 0.305 e. The number of guanidine groups is 1. The number of aliphatic imine (C=N–C) groups is 1. The van der Waals surface area contributed by atoms with Gasteiger partial charge in [-0.2, -0.15) is 0 Å². The third-order valence-electron chi connectivity index (χ3n) is 4.71. The molecule has 3 rings (SSSR count). The molecule has 3 aromatic rings. The van der Waals surface area contributed by atoms with Crippen LogP contribution in [0, 0.1) is 0 Å². The highest BCUT2D eigenvalue weighted by Crippen LogP contribution is 2.33. The van der Waals surface area contributed by atoms with Crippen LogP contribution in [0.3, 0.4) is 0 Å². The first-order chi connectivity index (χ1) is 15.7. The minimum Gasteiger partial charge on any atom is -0.481 e. The summed E-state index contributed by atoms with van der Waals surface area (Å²) in [4.78, 5) is 27.7. The number of aliphatic carboxylic acids is 1. The Hall–Kier alpha value is -4.18. The molecule has 0 aliphatic heterocycles. The van der Waals surface area contributed by atoms with Gasteiger partial charge in [0.15, 0.2) is 15.8 Å². The summed E-state index contributed by atoms with van der Waals surface area (Å²) in [7, 11) is -4.06. The van der Waals surface area contributed by atoms with Crippen LogP contribution in [-0.4, -0.2) is 31.4 Å². The fourth-order valence-corrected chi connectivity index (χ4v) is 4.95. The van der Waals surface area contributed by atoms with Crippen LogP contribution in [0.4, 0.5) is 11.4 Å². The average Bonchev–Trinajstić information content (AvgIpc) is 2.78. The highest BCUT2D eigenvalue weighted by Gasteiger charge is 2.31. The molecule has 0 radical (unpaired) electrons. The monoisotopic (exact) mass is 466 g/mol. The van der Waals surface area contributed by atoms with E-state index in [0.717, 1.165) is 0 Å². The molecule has 0 spiro atoms. The number of sulfone groups is 1. The van der Waals surface area contributed by atoms with Gasteiger partial charge in [0.25, 0.3) is 5.91 Å². The number of carboxylic acid groups (broad SMARTS) is 1. The number of amides is 1. The Labute approximate surface area is 190 Å². The lowest BCUT2D eigenvalue weighted by Crippen LogP contribution is -2.21. The summed E-state index contributed by atoms with van der Waals surface area (Å²) < 4.78 is 26.6. The van der Waals surface area contributed by atoms with Crippen LogP contribution in [0.1, 0.15) is 27.6 Å². The first-order valence-corrected chi connectivity index (χ1v) is 11.3. The first-order valence-electron chi connectivity index (χ1n) is 9.78. The van der Waals surface area contributed by atoms with Gasteiger partial charge in [-0.05, 0) is 48.0 Å². The Morgan fingerprint density at radius 1 is 0.939 bits per heavy atom. The number of nitrogens with one attached hydrogen (secondary N) is 1. The molecule has 9 nitrogen and oxygen atoms in total. The fraction of sp³-hybridized carbons (Fsp3) is 0.0870. The van der Waals surface area contributed by atoms with Crippen molar-refractivity contribution in [1.82, 2.24) is 0 Å². The molecule has 0 saturated carbocycles. The maximum atomic E-state index is 13.3. The van der Waals surface area contributed by atoms with Crippen molar-refractivity contribution in [3.63, 3.8) is 0 Å². The Morgan fingerprint density at radius 3 is 2.21 bits per heavy atom. The van der Waals surface area contributed by atoms with E-state index in [1.807, 2.05) is 0 Å². The van der Waals surface area contributed by atoms with E-state index in [4.69, 9.17) is 11.5 Å². The van der Waals surface area contributed by atoms with Crippen LogP contribution in [0.2, 0.25) is 0 Å². The zero-order valence-corrected chi connectivity index (χ0v) is 18.2. The quantitative estimate of drug-likeness (QED) is 0.293. The molecule has 1 atom stereocenters. The lowest BCUT2D eigenvalue weighted by Gasteiger charge is -2.17. The first kappa shape index (κ1) is 23.5. The number of hydrogen-bond donors (Lipinski definition) is 4. The fourth-order valence-electron chi connectivity index (χ4n) is 3.19. The molecular weight excluding hydrogens is 444 g/mol. The van der Waals surface area contributed by atoms with Crippen LogP contribution in [0.15, 0.2) is 88.8 Å². The number of carboxylic acids is 1. The summed E-state index contributed by atoms with van der Waals surface area (Å²) in [6, 6.07) is 20.0. The highest BCUT2D eigenvalue weighted by molar-refractivity contribution is 7.91. The van der Waals surface area contributed by atoms with Crippen LogP contribution in [-0.2, 0) is 14.6 Å². The van der Waals surface area contributed by atoms with Crippen molar-refractivity contribution in [1.29, 1.82) is 0 Å². The van der Waals surface area contributed by atoms with Gasteiger partial charge in [-0.25, -0.2) is 13.4 Å². The van der Waals surface area contributed by atoms with Crippen LogP contribution in [0.5, 0.6) is 0 Å². The van der Waals surface area contributed by atoms with Gasteiger partial charge < -0.3 is 21.9 Å². The molecule has 0 heterocycles. The molecule has 10 heteroatoms. The lowest BCUT2D eigenvalue weighted by atomic mass is 10.1. The second kappa shape index (κ2) is 9.96. The van der Waals surface area contributed by atoms with Gasteiger partial charge in [0.2, 0.25) is 0 Å². The van der Waals surface area contributed by atoms with Crippen LogP contribution < -0.4 is 16.8 Å². The summed E-state index contributed by atoms with van der Waals surface area (Å²) >= 11 is 0. The van der Waals surface area contributed by atoms with E-state index in [1.165, 1.54) is 30.3 Å². The van der Waals surface area contributed by atoms with E-state index in [0.29, 0.717) is 16.8 Å². The van der Waals surface area contributed by atoms with E-state index in [2.05, 4.69) is 10.3 Å². The number of benzene rings is 3. The predicted octanol–water partition coefficient (Wildman–Crippen LogP) is 2.83. The van der Waals surface area contributed by atoms with Gasteiger partial charge in [-0.1, -0.05) is 36.4 Å². The molecular formula is C23H22N4O5S. The van der Waals surface area contributed by atoms with Crippen molar-refractivity contribution in [3.05, 3.63) is 90.0 Å². The minimum absolute atomic E-state index is 0.0986. The normalized spacial score (nSPS) is 11.9. The summed E-state index contributed by atoms with van der Waals surface area (Å²) in [6.07, 6.45) is -0.592. The number of carbonyl (C=O) groups excluding carboxylic acids is 1. The summed E-state index contributed by atoms with van der Waals surface area (Å²) in [6.45, 7) is 0. The molecule has 3 aromatic carbocycles. The highest BCUT2D eigenvalue weighted by atomic mass is 32.2. The third-order valence-corrected chi connectivity index (χ3v) is 6.81. The van der Waals surface area contributed by atoms with Crippen molar-refractivity contribution in [3.8, 4) is 0 Å². The Bertz CT molecular complexity index is 1290. The van der Waals surface area contributed by atoms with Crippen molar-refractivity contribution in [2.24, 2.45) is 16.5 Å². The smallest absolute Gasteiger partial charge is 0.305 e. The number of anilines is 1. The second-order valence-electron chi connectivity index (χ2n) is 7.11. The molecule has 170 valence electrons. The summed E-state index contributed by atoms with van der Waals surface area (Å²) in [5, 5.41) is 10.7. The average molecular weight is 467 g/mol. The Kier molecular flexibility index (Phi) is 7.09. The molecule has 33 heavy (non-hydrogen) atoms. The van der Waals surface area contributed by atoms with E-state index >= 15 is 0 Å². The van der Waals surface area contributed by atoms with E-state index in [9.17, 15) is 23.1 Å². The van der Waals surface area contributed by atoms with Gasteiger partial charge in [-0.15, -0.1) is 0 Å². The minimum atomic E-state index is -4.06. The maximum absolute atomic E-state index is 13.3. The van der Waals surface area contributed by atoms with Crippen LogP contribution >= 0.6 is 0 Å². The number of hydrogen-bond acceptors (Lipinski definition) is 5. The number of rotatable bonds is 8. The largest absolute Gasteiger partial charge is 0.481 e. The topological polar surface area (TPSA) is 165 Å². The van der Waals surface area contributed by atoms with E-state index in [1.54, 1.807) is 48.5 Å². The SMILES string of the molecule is NC(N)=Nc1ccc(C(=O)Nc2cccc(S(=O)(=O)C(CC(=O)O)c3ccccc3)c2)cc1. The van der Waals surface area contributed by atoms with Crippen molar-refractivity contribution < 1.29 is 23.1 Å². The van der Waals surface area contributed by atoms with Crippen molar-refractivity contribution in [2.45, 2.75) is 16.6 Å². The molecule has 0 aliphatic rings. The molecule has 6 N–H and O–H groups in total. The summed E-state index contributed by atoms with van der Waals surface area (Å²) in [5.74, 6) is -1.81. The number of nitrogens with two attached hydrogens (primary N) is 2. The van der Waals surface area contributed by atoms with Gasteiger partial charge in [0.05, 0.1) is 17.0 Å². The van der Waals surface area contributed by atoms with Gasteiger partial charge in [0.1, 0.15) is 5.25 Å². The Morgan fingerprint density at radius 2 is 1.61 bits per heavy atom. The van der Waals surface area contributed by atoms with E-state index < -0.39 is 33.4 Å². The molecule has 0 bridgehead atoms. The summed E-state index contributed by atoms with van der Waals surface area (Å²) in [5.41, 5.74) is 12.1. The molecule has 1 unspecified atom stereocenters. The molecule has 0 fully saturated rings. The zero-order chi connectivity index (χ0) is 24.0. The number of nitrogens with zero attached hydrogens (tertiary/aromatic N) is 1. The van der Waals surface area contributed by atoms with Gasteiger partial charge >= 0.3 is 5.97 Å². The van der Waals surface area contributed by atoms with E-state index in [-0.39, 0.29) is 16.5 Å². The van der Waals surface area contributed by atoms with Crippen LogP contribution in [0.25, 0.3) is 0 Å².